The molecule has 1 rings (SSSR count). The van der Waals surface area contributed by atoms with Gasteiger partial charge in [0.1, 0.15) is 5.75 Å². The molecule has 0 fully saturated rings. The van der Waals surface area contributed by atoms with Gasteiger partial charge in [0.05, 0.1) is 17.8 Å². The van der Waals surface area contributed by atoms with Gasteiger partial charge in [0, 0.05) is 7.05 Å². The average Bonchev–Trinajstić information content (AvgIpc) is 2.04. The zero-order valence-corrected chi connectivity index (χ0v) is 7.80. The second kappa shape index (κ2) is 3.65. The molecule has 0 amide bonds. The fourth-order valence-electron chi connectivity index (χ4n) is 0.875. The average molecular weight is 187 g/mol. The predicted octanol–water partition coefficient (Wildman–Crippen LogP) is 1.66. The minimum atomic E-state index is 0.562. The first-order valence-electron chi connectivity index (χ1n) is 3.47. The van der Waals surface area contributed by atoms with Crippen molar-refractivity contribution in [1.29, 1.82) is 0 Å². The van der Waals surface area contributed by atoms with E-state index in [4.69, 9.17) is 22.2 Å². The summed E-state index contributed by atoms with van der Waals surface area (Å²) in [4.78, 5) is 0. The van der Waals surface area contributed by atoms with Crippen LogP contribution in [0.25, 0.3) is 0 Å². The van der Waals surface area contributed by atoms with Crippen molar-refractivity contribution in [3.8, 4) is 5.75 Å². The Kier molecular flexibility index (Phi) is 2.78. The molecule has 0 spiro atoms. The van der Waals surface area contributed by atoms with Gasteiger partial charge in [-0.15, -0.1) is 0 Å². The third-order valence-electron chi connectivity index (χ3n) is 1.54. The van der Waals surface area contributed by atoms with Crippen LogP contribution in [0.5, 0.6) is 5.75 Å². The van der Waals surface area contributed by atoms with Crippen LogP contribution >= 0.6 is 11.6 Å². The molecule has 0 aliphatic rings. The number of halogens is 1. The lowest BCUT2D eigenvalue weighted by molar-refractivity contribution is 0.415. The summed E-state index contributed by atoms with van der Waals surface area (Å²) in [6, 6.07) is 5.37. The summed E-state index contributed by atoms with van der Waals surface area (Å²) in [6.07, 6.45) is 0. The van der Waals surface area contributed by atoms with Crippen molar-refractivity contribution < 1.29 is 4.74 Å². The molecule has 0 atom stereocenters. The van der Waals surface area contributed by atoms with Crippen molar-refractivity contribution in [2.45, 2.75) is 0 Å². The third kappa shape index (κ3) is 1.81. The summed E-state index contributed by atoms with van der Waals surface area (Å²) in [5, 5.41) is 2.05. The van der Waals surface area contributed by atoms with Crippen molar-refractivity contribution in [3.63, 3.8) is 0 Å². The molecule has 0 unspecified atom stereocenters. The molecule has 0 heterocycles. The first kappa shape index (κ1) is 9.16. The Morgan fingerprint density at radius 2 is 2.17 bits per heavy atom. The molecule has 0 saturated carbocycles. The van der Waals surface area contributed by atoms with Gasteiger partial charge >= 0.3 is 0 Å². The van der Waals surface area contributed by atoms with Gasteiger partial charge < -0.3 is 9.75 Å². The molecule has 1 aromatic carbocycles. The van der Waals surface area contributed by atoms with Gasteiger partial charge in [-0.1, -0.05) is 11.6 Å². The van der Waals surface area contributed by atoms with Crippen LogP contribution in [0, 0.1) is 0 Å². The van der Waals surface area contributed by atoms with Gasteiger partial charge in [0.15, 0.2) is 0 Å². The highest BCUT2D eigenvalue weighted by atomic mass is 35.5. The first-order chi connectivity index (χ1) is 5.65. The maximum absolute atomic E-state index is 5.87. The number of nitrogens with two attached hydrogens (primary N) is 1. The number of nitrogens with zero attached hydrogens (tertiary/aromatic N) is 1. The summed E-state index contributed by atoms with van der Waals surface area (Å²) >= 11 is 5.87. The molecule has 0 aliphatic carbocycles. The van der Waals surface area contributed by atoms with E-state index in [1.165, 1.54) is 5.01 Å². The summed E-state index contributed by atoms with van der Waals surface area (Å²) < 4.78 is 4.99. The number of anilines is 1. The van der Waals surface area contributed by atoms with E-state index in [1.807, 2.05) is 6.07 Å². The highest BCUT2D eigenvalue weighted by molar-refractivity contribution is 6.32. The highest BCUT2D eigenvalue weighted by Crippen LogP contribution is 2.27. The second-order valence-electron chi connectivity index (χ2n) is 2.43. The van der Waals surface area contributed by atoms with E-state index in [0.29, 0.717) is 10.8 Å². The molecule has 12 heavy (non-hydrogen) atoms. The number of hydrazine groups is 1. The Bertz CT molecular complexity index is 276. The van der Waals surface area contributed by atoms with Gasteiger partial charge in [-0.2, -0.15) is 0 Å². The first-order valence-corrected chi connectivity index (χ1v) is 3.85. The van der Waals surface area contributed by atoms with E-state index < -0.39 is 0 Å². The van der Waals surface area contributed by atoms with Gasteiger partial charge in [-0.3, -0.25) is 0 Å². The molecule has 0 aliphatic heterocycles. The smallest absolute Gasteiger partial charge is 0.137 e. The van der Waals surface area contributed by atoms with Crippen molar-refractivity contribution in [2.24, 2.45) is 5.84 Å². The van der Waals surface area contributed by atoms with Crippen LogP contribution in [0.1, 0.15) is 0 Å². The molecule has 0 saturated heterocycles. The number of hydrogen-bond acceptors (Lipinski definition) is 3. The van der Waals surface area contributed by atoms with Crippen LogP contribution in [0.15, 0.2) is 18.2 Å². The quantitative estimate of drug-likeness (QED) is 0.564. The Morgan fingerprint density at radius 3 is 2.58 bits per heavy atom. The Balaban J connectivity index is 3.02. The molecule has 66 valence electrons. The molecule has 3 nitrogen and oxygen atoms in total. The third-order valence-corrected chi connectivity index (χ3v) is 1.84. The van der Waals surface area contributed by atoms with E-state index in [1.54, 1.807) is 26.3 Å². The van der Waals surface area contributed by atoms with Gasteiger partial charge in [-0.25, -0.2) is 5.84 Å². The lowest BCUT2D eigenvalue weighted by Gasteiger charge is -2.13. The molecular weight excluding hydrogens is 176 g/mol. The summed E-state index contributed by atoms with van der Waals surface area (Å²) in [5.74, 6) is 6.16. The Labute approximate surface area is 76.6 Å². The number of benzene rings is 1. The maximum atomic E-state index is 5.87. The number of rotatable bonds is 2. The molecule has 0 radical (unpaired) electrons. The van der Waals surface area contributed by atoms with E-state index >= 15 is 0 Å². The van der Waals surface area contributed by atoms with Crippen LogP contribution in [0.3, 0.4) is 0 Å². The summed E-state index contributed by atoms with van der Waals surface area (Å²) in [6.45, 7) is 0. The normalized spacial score (nSPS) is 9.67. The minimum Gasteiger partial charge on any atom is -0.495 e. The van der Waals surface area contributed by atoms with E-state index in [0.717, 1.165) is 5.69 Å². The lowest BCUT2D eigenvalue weighted by Crippen LogP contribution is -2.24. The fraction of sp³-hybridized carbons (Fsp3) is 0.250. The maximum Gasteiger partial charge on any atom is 0.137 e. The predicted molar refractivity (Wildman–Crippen MR) is 50.6 cm³/mol. The van der Waals surface area contributed by atoms with E-state index in [-0.39, 0.29) is 0 Å². The largest absolute Gasteiger partial charge is 0.495 e. The molecule has 4 heteroatoms. The standard InChI is InChI=1S/C8H11ClN2O/c1-11(10)6-3-4-8(12-2)7(9)5-6/h3-5H,10H2,1-2H3. The highest BCUT2D eigenvalue weighted by Gasteiger charge is 2.02. The summed E-state index contributed by atoms with van der Waals surface area (Å²) in [7, 11) is 3.32. The van der Waals surface area contributed by atoms with Crippen LogP contribution in [-0.2, 0) is 0 Å². The topological polar surface area (TPSA) is 38.5 Å². The van der Waals surface area contributed by atoms with Crippen molar-refractivity contribution in [2.75, 3.05) is 19.2 Å². The van der Waals surface area contributed by atoms with E-state index in [2.05, 4.69) is 0 Å². The van der Waals surface area contributed by atoms with E-state index in [9.17, 15) is 0 Å². The number of methoxy groups -OCH3 is 1. The van der Waals surface area contributed by atoms with Crippen LogP contribution in [0.2, 0.25) is 5.02 Å². The zero-order chi connectivity index (χ0) is 9.14. The number of hydrogen-bond donors (Lipinski definition) is 1. The van der Waals surface area contributed by atoms with Crippen molar-refractivity contribution in [3.05, 3.63) is 23.2 Å². The van der Waals surface area contributed by atoms with Crippen molar-refractivity contribution in [1.82, 2.24) is 0 Å². The fourth-order valence-corrected chi connectivity index (χ4v) is 1.13. The SMILES string of the molecule is COc1ccc(N(C)N)cc1Cl. The Hall–Kier alpha value is -0.930. The minimum absolute atomic E-state index is 0.562. The zero-order valence-electron chi connectivity index (χ0n) is 7.04. The van der Waals surface area contributed by atoms with Crippen LogP contribution in [0.4, 0.5) is 5.69 Å². The second-order valence-corrected chi connectivity index (χ2v) is 2.84. The lowest BCUT2D eigenvalue weighted by atomic mass is 10.3. The number of ether oxygens (including phenoxy) is 1. The van der Waals surface area contributed by atoms with Crippen LogP contribution in [-0.4, -0.2) is 14.2 Å². The molecular formula is C8H11ClN2O. The molecule has 2 N–H and O–H groups in total. The molecule has 0 aromatic heterocycles. The van der Waals surface area contributed by atoms with Gasteiger partial charge in [0.25, 0.3) is 0 Å². The molecule has 1 aromatic rings. The molecule has 0 bridgehead atoms. The Morgan fingerprint density at radius 1 is 1.50 bits per heavy atom. The summed E-state index contributed by atoms with van der Waals surface area (Å²) in [5.41, 5.74) is 0.848. The van der Waals surface area contributed by atoms with Gasteiger partial charge in [-0.05, 0) is 18.2 Å². The van der Waals surface area contributed by atoms with Crippen molar-refractivity contribution >= 4 is 17.3 Å². The van der Waals surface area contributed by atoms with Gasteiger partial charge in [0.2, 0.25) is 0 Å². The van der Waals surface area contributed by atoms with Crippen LogP contribution < -0.4 is 15.6 Å². The monoisotopic (exact) mass is 186 g/mol.